The number of rotatable bonds is 9. The highest BCUT2D eigenvalue weighted by atomic mass is 32.2. The van der Waals surface area contributed by atoms with Gasteiger partial charge in [0, 0.05) is 17.6 Å². The van der Waals surface area contributed by atoms with Gasteiger partial charge < -0.3 is 10.1 Å². The van der Waals surface area contributed by atoms with Crippen molar-refractivity contribution in [1.82, 2.24) is 4.72 Å². The molecule has 2 N–H and O–H groups in total. The predicted octanol–water partition coefficient (Wildman–Crippen LogP) is 3.69. The summed E-state index contributed by atoms with van der Waals surface area (Å²) < 4.78 is 32.3. The number of ether oxygens (including phenoxy) is 1. The number of sulfonamides is 1. The molecular weight excluding hydrogens is 364 g/mol. The first-order valence-electron chi connectivity index (χ1n) is 9.86. The molecule has 0 spiro atoms. The summed E-state index contributed by atoms with van der Waals surface area (Å²) >= 11 is 0. The van der Waals surface area contributed by atoms with E-state index < -0.39 is 15.3 Å². The van der Waals surface area contributed by atoms with Gasteiger partial charge in [0.15, 0.2) is 0 Å². The maximum atomic E-state index is 12.5. The van der Waals surface area contributed by atoms with Crippen LogP contribution in [-0.2, 0) is 14.8 Å². The highest BCUT2D eigenvalue weighted by molar-refractivity contribution is 7.90. The average molecular weight is 397 g/mol. The van der Waals surface area contributed by atoms with E-state index >= 15 is 0 Å². The molecule has 152 valence electrons. The van der Waals surface area contributed by atoms with Crippen molar-refractivity contribution in [2.45, 2.75) is 70.6 Å². The lowest BCUT2D eigenvalue weighted by atomic mass is 9.86. The second-order valence-corrected chi connectivity index (χ2v) is 9.74. The number of anilines is 1. The van der Waals surface area contributed by atoms with Crippen LogP contribution in [0, 0.1) is 5.92 Å². The molecule has 0 atom stereocenters. The Bertz CT molecular complexity index is 693. The molecule has 1 aliphatic rings. The van der Waals surface area contributed by atoms with Crippen LogP contribution in [0.2, 0.25) is 0 Å². The Kier molecular flexibility index (Phi) is 8.10. The summed E-state index contributed by atoms with van der Waals surface area (Å²) in [5, 5.41) is 2.52. The number of carbonyl (C=O) groups is 1. The summed E-state index contributed by atoms with van der Waals surface area (Å²) in [4.78, 5) is 12.5. The van der Waals surface area contributed by atoms with E-state index in [9.17, 15) is 13.2 Å². The van der Waals surface area contributed by atoms with Gasteiger partial charge in [-0.3, -0.25) is 4.79 Å². The van der Waals surface area contributed by atoms with Gasteiger partial charge in [-0.2, -0.15) is 0 Å². The molecule has 1 fully saturated rings. The van der Waals surface area contributed by atoms with Crippen LogP contribution in [0.25, 0.3) is 0 Å². The monoisotopic (exact) mass is 396 g/mol. The second kappa shape index (κ2) is 10.1. The number of carbonyl (C=O) groups excluding carboxylic acids is 1. The van der Waals surface area contributed by atoms with E-state index in [-0.39, 0.29) is 17.9 Å². The lowest BCUT2D eigenvalue weighted by Crippen LogP contribution is -2.42. The molecule has 0 aliphatic heterocycles. The summed E-state index contributed by atoms with van der Waals surface area (Å²) in [6.45, 7) is 6.16. The molecule has 0 unspecified atom stereocenters. The summed E-state index contributed by atoms with van der Waals surface area (Å²) in [6, 6.07) is 7.36. The highest BCUT2D eigenvalue weighted by Crippen LogP contribution is 2.27. The molecule has 1 aromatic carbocycles. The van der Waals surface area contributed by atoms with Crippen LogP contribution in [0.1, 0.15) is 59.3 Å². The Morgan fingerprint density at radius 3 is 2.33 bits per heavy atom. The molecule has 1 aromatic rings. The van der Waals surface area contributed by atoms with Gasteiger partial charge in [-0.1, -0.05) is 13.3 Å². The standard InChI is InChI=1S/C20H32N2O4S/c1-4-5-14-26-19-12-10-17(11-13-19)21-20(23)16-6-8-18(9-7-16)22-27(24,25)15(2)3/h10-13,15-16,18,22H,4-9,14H2,1-3H3,(H,21,23). The second-order valence-electron chi connectivity index (χ2n) is 7.48. The average Bonchev–Trinajstić information content (AvgIpc) is 2.63. The molecule has 0 aromatic heterocycles. The SMILES string of the molecule is CCCCOc1ccc(NC(=O)C2CCC(NS(=O)(=O)C(C)C)CC2)cc1. The van der Waals surface area contributed by atoms with E-state index in [1.807, 2.05) is 24.3 Å². The van der Waals surface area contributed by atoms with Gasteiger partial charge in [-0.15, -0.1) is 0 Å². The Labute approximate surface area is 163 Å². The number of hydrogen-bond donors (Lipinski definition) is 2. The fourth-order valence-electron chi connectivity index (χ4n) is 3.06. The zero-order chi connectivity index (χ0) is 19.9. The lowest BCUT2D eigenvalue weighted by molar-refractivity contribution is -0.120. The van der Waals surface area contributed by atoms with Crippen LogP contribution in [0.3, 0.4) is 0 Å². The molecular formula is C20H32N2O4S. The van der Waals surface area contributed by atoms with Crippen LogP contribution >= 0.6 is 0 Å². The van der Waals surface area contributed by atoms with Gasteiger partial charge in [0.2, 0.25) is 15.9 Å². The van der Waals surface area contributed by atoms with Gasteiger partial charge >= 0.3 is 0 Å². The smallest absolute Gasteiger partial charge is 0.227 e. The van der Waals surface area contributed by atoms with E-state index in [2.05, 4.69) is 17.0 Å². The van der Waals surface area contributed by atoms with Crippen molar-refractivity contribution in [1.29, 1.82) is 0 Å². The number of benzene rings is 1. The first-order chi connectivity index (χ1) is 12.8. The molecule has 7 heteroatoms. The highest BCUT2D eigenvalue weighted by Gasteiger charge is 2.29. The van der Waals surface area contributed by atoms with Gasteiger partial charge in [0.05, 0.1) is 11.9 Å². The van der Waals surface area contributed by atoms with E-state index in [1.165, 1.54) is 0 Å². The van der Waals surface area contributed by atoms with Crippen LogP contribution in [0.4, 0.5) is 5.69 Å². The van der Waals surface area contributed by atoms with Crippen molar-refractivity contribution in [3.8, 4) is 5.75 Å². The minimum atomic E-state index is -3.26. The number of unbranched alkanes of at least 4 members (excludes halogenated alkanes) is 1. The van der Waals surface area contributed by atoms with Gasteiger partial charge in [-0.25, -0.2) is 13.1 Å². The molecule has 0 saturated heterocycles. The number of hydrogen-bond acceptors (Lipinski definition) is 4. The molecule has 27 heavy (non-hydrogen) atoms. The molecule has 1 aliphatic carbocycles. The van der Waals surface area contributed by atoms with Crippen LogP contribution in [0.5, 0.6) is 5.75 Å². The van der Waals surface area contributed by atoms with Crippen molar-refractivity contribution in [3.63, 3.8) is 0 Å². The van der Waals surface area contributed by atoms with E-state index in [0.717, 1.165) is 24.3 Å². The van der Waals surface area contributed by atoms with Crippen molar-refractivity contribution in [3.05, 3.63) is 24.3 Å². The van der Waals surface area contributed by atoms with Crippen molar-refractivity contribution < 1.29 is 17.9 Å². The first-order valence-corrected chi connectivity index (χ1v) is 11.4. The largest absolute Gasteiger partial charge is 0.494 e. The van der Waals surface area contributed by atoms with Crippen molar-refractivity contribution >= 4 is 21.6 Å². The third-order valence-electron chi connectivity index (χ3n) is 4.94. The first kappa shape index (κ1) is 21.7. The quantitative estimate of drug-likeness (QED) is 0.624. The summed E-state index contributed by atoms with van der Waals surface area (Å²) in [5.74, 6) is 0.726. The Morgan fingerprint density at radius 1 is 1.15 bits per heavy atom. The Balaban J connectivity index is 1.79. The third-order valence-corrected chi connectivity index (χ3v) is 6.84. The number of amides is 1. The van der Waals surface area contributed by atoms with E-state index in [4.69, 9.17) is 4.74 Å². The fourth-order valence-corrected chi connectivity index (χ4v) is 4.03. The fraction of sp³-hybridized carbons (Fsp3) is 0.650. The summed E-state index contributed by atoms with van der Waals surface area (Å²) in [6.07, 6.45) is 4.87. The van der Waals surface area contributed by atoms with Gasteiger partial charge in [-0.05, 0) is 70.2 Å². The number of nitrogens with one attached hydrogen (secondary N) is 2. The Hall–Kier alpha value is -1.60. The normalized spacial score (nSPS) is 20.4. The molecule has 1 amide bonds. The third kappa shape index (κ3) is 6.81. The minimum absolute atomic E-state index is 0.000168. The minimum Gasteiger partial charge on any atom is -0.494 e. The topological polar surface area (TPSA) is 84.5 Å². The molecule has 0 heterocycles. The van der Waals surface area contributed by atoms with Crippen molar-refractivity contribution in [2.75, 3.05) is 11.9 Å². The molecule has 2 rings (SSSR count). The van der Waals surface area contributed by atoms with Gasteiger partial charge in [0.25, 0.3) is 0 Å². The van der Waals surface area contributed by atoms with Crippen LogP contribution in [0.15, 0.2) is 24.3 Å². The van der Waals surface area contributed by atoms with E-state index in [1.54, 1.807) is 13.8 Å². The molecule has 0 radical (unpaired) electrons. The zero-order valence-electron chi connectivity index (χ0n) is 16.5. The zero-order valence-corrected chi connectivity index (χ0v) is 17.3. The lowest BCUT2D eigenvalue weighted by Gasteiger charge is -2.28. The Morgan fingerprint density at radius 2 is 1.78 bits per heavy atom. The summed E-state index contributed by atoms with van der Waals surface area (Å²) in [7, 11) is -3.26. The van der Waals surface area contributed by atoms with E-state index in [0.29, 0.717) is 32.3 Å². The van der Waals surface area contributed by atoms with Crippen LogP contribution < -0.4 is 14.8 Å². The predicted molar refractivity (Wildman–Crippen MR) is 108 cm³/mol. The maximum Gasteiger partial charge on any atom is 0.227 e. The maximum absolute atomic E-state index is 12.5. The van der Waals surface area contributed by atoms with Crippen LogP contribution in [-0.4, -0.2) is 32.2 Å². The molecule has 0 bridgehead atoms. The van der Waals surface area contributed by atoms with Gasteiger partial charge in [0.1, 0.15) is 5.75 Å². The molecule has 6 nitrogen and oxygen atoms in total. The molecule has 1 saturated carbocycles. The van der Waals surface area contributed by atoms with Crippen molar-refractivity contribution in [2.24, 2.45) is 5.92 Å². The summed E-state index contributed by atoms with van der Waals surface area (Å²) in [5.41, 5.74) is 0.755.